The summed E-state index contributed by atoms with van der Waals surface area (Å²) < 4.78 is 37.3. The molecular weight excluding hydrogens is 484 g/mol. The van der Waals surface area contributed by atoms with E-state index in [0.29, 0.717) is 23.3 Å². The van der Waals surface area contributed by atoms with Gasteiger partial charge in [0.25, 0.3) is 0 Å². The maximum atomic E-state index is 12.4. The topological polar surface area (TPSA) is 225 Å². The Morgan fingerprint density at radius 2 is 1.77 bits per heavy atom. The van der Waals surface area contributed by atoms with Crippen LogP contribution >= 0.6 is 0 Å². The van der Waals surface area contributed by atoms with E-state index in [9.17, 15) is 14.4 Å². The van der Waals surface area contributed by atoms with Crippen LogP contribution in [0.2, 0.25) is 0 Å². The number of hydrogen-bond acceptors (Lipinski definition) is 9. The number of rotatable bonds is 7. The number of ether oxygens (including phenoxy) is 2. The van der Waals surface area contributed by atoms with E-state index in [-0.39, 0.29) is 18.3 Å². The SMILES string of the molecule is CS(=O)(=O)[O-].NC(N)=Nc1ccc(C(=O)Oc2ccc3c(c2)C(CC(=O)OCC(=O)O)C=[NH+]3)cc1. The molecule has 2 aromatic rings. The third-order valence-electron chi connectivity index (χ3n) is 4.18. The molecule has 1 heterocycles. The molecule has 13 nitrogen and oxygen atoms in total. The lowest BCUT2D eigenvalue weighted by molar-refractivity contribution is -0.344. The molecule has 0 saturated heterocycles. The van der Waals surface area contributed by atoms with Gasteiger partial charge in [-0.2, -0.15) is 0 Å². The zero-order valence-electron chi connectivity index (χ0n) is 18.3. The number of nitrogens with two attached hydrogens (primary N) is 2. The molecule has 186 valence electrons. The van der Waals surface area contributed by atoms with Gasteiger partial charge in [-0.3, -0.25) is 4.79 Å². The minimum atomic E-state index is -3.92. The molecule has 2 aromatic carbocycles. The van der Waals surface area contributed by atoms with Gasteiger partial charge in [-0.25, -0.2) is 28.0 Å². The molecule has 1 atom stereocenters. The lowest BCUT2D eigenvalue weighted by Crippen LogP contribution is -2.59. The molecule has 3 rings (SSSR count). The summed E-state index contributed by atoms with van der Waals surface area (Å²) >= 11 is 0. The first-order valence-electron chi connectivity index (χ1n) is 9.76. The van der Waals surface area contributed by atoms with Crippen molar-refractivity contribution in [3.8, 4) is 5.75 Å². The van der Waals surface area contributed by atoms with E-state index in [4.69, 9.17) is 34.3 Å². The molecule has 0 aromatic heterocycles. The lowest BCUT2D eigenvalue weighted by Gasteiger charge is -2.08. The van der Waals surface area contributed by atoms with E-state index < -0.39 is 34.6 Å². The number of guanidine groups is 1. The van der Waals surface area contributed by atoms with Gasteiger partial charge in [-0.1, -0.05) is 0 Å². The molecule has 14 heteroatoms. The van der Waals surface area contributed by atoms with Gasteiger partial charge in [0, 0.05) is 17.9 Å². The summed E-state index contributed by atoms with van der Waals surface area (Å²) in [5, 5.41) is 8.59. The minimum Gasteiger partial charge on any atom is -0.748 e. The number of nitrogens with zero attached hydrogens (tertiary/aromatic N) is 1. The Morgan fingerprint density at radius 1 is 1.14 bits per heavy atom. The molecule has 35 heavy (non-hydrogen) atoms. The standard InChI is InChI=1S/C20H18N4O6.CH4O3S/c21-20(22)24-13-3-1-11(2-4-13)19(28)30-14-5-6-16-15(8-14)12(9-23-16)7-18(27)29-10-17(25)26;1-5(2,3)4/h1-6,8-9,12H,7,10H2,(H,25,26)(H4,21,22,24);1H3,(H,2,3,4). The number of aliphatic imine (C=N–C) groups is 1. The van der Waals surface area contributed by atoms with Crippen molar-refractivity contribution in [2.45, 2.75) is 12.3 Å². The Morgan fingerprint density at radius 3 is 2.34 bits per heavy atom. The van der Waals surface area contributed by atoms with Crippen molar-refractivity contribution in [1.29, 1.82) is 0 Å². The number of carbonyl (C=O) groups excluding carboxylic acids is 2. The highest BCUT2D eigenvalue weighted by Gasteiger charge is 2.28. The number of carboxylic acid groups (broad SMARTS) is 1. The van der Waals surface area contributed by atoms with Gasteiger partial charge in [-0.05, 0) is 36.4 Å². The molecule has 6 N–H and O–H groups in total. The lowest BCUT2D eigenvalue weighted by atomic mass is 9.97. The Kier molecular flexibility index (Phi) is 9.02. The number of hydrogen-bond donors (Lipinski definition) is 4. The predicted octanol–water partition coefficient (Wildman–Crippen LogP) is -1.13. The average Bonchev–Trinajstić information content (AvgIpc) is 3.13. The first-order valence-corrected chi connectivity index (χ1v) is 11.6. The fraction of sp³-hybridized carbons (Fsp3) is 0.190. The fourth-order valence-corrected chi connectivity index (χ4v) is 2.86. The highest BCUT2D eigenvalue weighted by molar-refractivity contribution is 7.84. The van der Waals surface area contributed by atoms with Crippen molar-refractivity contribution in [1.82, 2.24) is 0 Å². The molecule has 0 spiro atoms. The van der Waals surface area contributed by atoms with Crippen LogP contribution in [-0.4, -0.2) is 61.0 Å². The molecule has 0 amide bonds. The molecule has 0 bridgehead atoms. The Hall–Kier alpha value is -4.30. The van der Waals surface area contributed by atoms with Gasteiger partial charge in [-0.15, -0.1) is 0 Å². The van der Waals surface area contributed by atoms with E-state index in [0.717, 1.165) is 11.3 Å². The number of carbonyl (C=O) groups is 3. The van der Waals surface area contributed by atoms with E-state index in [1.54, 1.807) is 36.5 Å². The second kappa shape index (κ2) is 11.7. The zero-order chi connectivity index (χ0) is 26.2. The first kappa shape index (κ1) is 26.9. The van der Waals surface area contributed by atoms with Crippen molar-refractivity contribution in [3.05, 3.63) is 53.6 Å². The van der Waals surface area contributed by atoms with E-state index in [2.05, 4.69) is 14.7 Å². The third kappa shape index (κ3) is 9.61. The van der Waals surface area contributed by atoms with Crippen LogP contribution in [0, 0.1) is 0 Å². The van der Waals surface area contributed by atoms with Crippen molar-refractivity contribution in [3.63, 3.8) is 0 Å². The monoisotopic (exact) mass is 506 g/mol. The summed E-state index contributed by atoms with van der Waals surface area (Å²) in [6.45, 7) is -0.689. The Labute approximate surface area is 199 Å². The Balaban J connectivity index is 0.000000784. The summed E-state index contributed by atoms with van der Waals surface area (Å²) in [4.78, 5) is 41.6. The summed E-state index contributed by atoms with van der Waals surface area (Å²) in [5.41, 5.74) is 12.9. The molecule has 0 radical (unpaired) electrons. The van der Waals surface area contributed by atoms with Gasteiger partial charge in [0.05, 0.1) is 33.7 Å². The van der Waals surface area contributed by atoms with Crippen molar-refractivity contribution in [2.24, 2.45) is 16.5 Å². The van der Waals surface area contributed by atoms with Crippen molar-refractivity contribution in [2.75, 3.05) is 12.9 Å². The van der Waals surface area contributed by atoms with Crippen LogP contribution in [0.4, 0.5) is 11.4 Å². The number of aliphatic carboxylic acids is 1. The number of esters is 2. The molecule has 1 unspecified atom stereocenters. The summed E-state index contributed by atoms with van der Waals surface area (Å²) in [6.07, 6.45) is 2.25. The molecule has 0 saturated carbocycles. The van der Waals surface area contributed by atoms with Crippen LogP contribution in [0.25, 0.3) is 0 Å². The predicted molar refractivity (Wildman–Crippen MR) is 122 cm³/mol. The minimum absolute atomic E-state index is 0.0447. The van der Waals surface area contributed by atoms with Gasteiger partial charge in [0.2, 0.25) is 5.69 Å². The normalized spacial score (nSPS) is 13.6. The number of fused-ring (bicyclic) bond motifs is 1. The Bertz CT molecular complexity index is 1260. The molecule has 0 aliphatic carbocycles. The largest absolute Gasteiger partial charge is 0.748 e. The van der Waals surface area contributed by atoms with E-state index >= 15 is 0 Å². The zero-order valence-corrected chi connectivity index (χ0v) is 19.2. The van der Waals surface area contributed by atoms with Gasteiger partial charge >= 0.3 is 17.9 Å². The van der Waals surface area contributed by atoms with Crippen molar-refractivity contribution >= 4 is 51.6 Å². The maximum Gasteiger partial charge on any atom is 0.343 e. The van der Waals surface area contributed by atoms with Crippen LogP contribution in [0.1, 0.15) is 28.3 Å². The summed E-state index contributed by atoms with van der Waals surface area (Å²) in [6, 6.07) is 11.2. The second-order valence-electron chi connectivity index (χ2n) is 7.10. The van der Waals surface area contributed by atoms with Crippen molar-refractivity contribution < 1.29 is 46.9 Å². The van der Waals surface area contributed by atoms with Gasteiger partial charge in [0.1, 0.15) is 5.75 Å². The number of carboxylic acids is 1. The molecular formula is C21H22N4O9S. The van der Waals surface area contributed by atoms with Gasteiger partial charge < -0.3 is 30.6 Å². The maximum absolute atomic E-state index is 12.4. The van der Waals surface area contributed by atoms with Crippen LogP contribution in [0.5, 0.6) is 5.75 Å². The van der Waals surface area contributed by atoms with Crippen LogP contribution < -0.4 is 21.2 Å². The highest BCUT2D eigenvalue weighted by atomic mass is 32.2. The molecule has 1 aliphatic rings. The summed E-state index contributed by atoms with van der Waals surface area (Å²) in [5.74, 6) is -2.57. The van der Waals surface area contributed by atoms with Crippen LogP contribution in [0.3, 0.4) is 0 Å². The van der Waals surface area contributed by atoms with Gasteiger partial charge in [0.15, 0.2) is 18.8 Å². The second-order valence-corrected chi connectivity index (χ2v) is 8.51. The molecule has 1 aliphatic heterocycles. The number of nitrogens with one attached hydrogen (secondary N) is 1. The first-order chi connectivity index (χ1) is 16.3. The van der Waals surface area contributed by atoms with E-state index in [1.165, 1.54) is 12.1 Å². The average molecular weight is 506 g/mol. The fourth-order valence-electron chi connectivity index (χ4n) is 2.86. The highest BCUT2D eigenvalue weighted by Crippen LogP contribution is 2.30. The van der Waals surface area contributed by atoms with Crippen LogP contribution in [-0.2, 0) is 24.4 Å². The van der Waals surface area contributed by atoms with Crippen LogP contribution in [0.15, 0.2) is 47.5 Å². The summed E-state index contributed by atoms with van der Waals surface area (Å²) in [7, 11) is -3.92. The smallest absolute Gasteiger partial charge is 0.343 e. The quantitative estimate of drug-likeness (QED) is 0.115. The third-order valence-corrected chi connectivity index (χ3v) is 4.18. The molecule has 0 fully saturated rings. The van der Waals surface area contributed by atoms with E-state index in [1.807, 2.05) is 0 Å². The number of benzene rings is 2.